The number of rotatable bonds is 8. The summed E-state index contributed by atoms with van der Waals surface area (Å²) < 4.78 is 15.8. The normalized spacial score (nSPS) is 9.95. The van der Waals surface area contributed by atoms with Crippen molar-refractivity contribution in [3.05, 3.63) is 18.2 Å². The Labute approximate surface area is 111 Å². The van der Waals surface area contributed by atoms with E-state index in [0.717, 1.165) is 0 Å². The molecule has 0 heterocycles. The number of nitrogens with two attached hydrogens (primary N) is 1. The second-order valence-corrected chi connectivity index (χ2v) is 3.60. The smallest absolute Gasteiger partial charge is 0.404 e. The van der Waals surface area contributed by atoms with Gasteiger partial charge in [-0.05, 0) is 12.1 Å². The minimum atomic E-state index is -1.07. The molecular formula is C12H18N2O5. The molecule has 0 fully saturated rings. The summed E-state index contributed by atoms with van der Waals surface area (Å²) in [5.74, 6) is 1.15. The molecule has 7 heteroatoms. The fourth-order valence-electron chi connectivity index (χ4n) is 1.35. The first-order chi connectivity index (χ1) is 9.13. The number of hydrogen-bond acceptors (Lipinski definition) is 5. The van der Waals surface area contributed by atoms with Crippen LogP contribution in [0.5, 0.6) is 11.5 Å². The molecule has 0 aliphatic rings. The van der Waals surface area contributed by atoms with Gasteiger partial charge in [0.25, 0.3) is 0 Å². The van der Waals surface area contributed by atoms with Gasteiger partial charge in [0.15, 0.2) is 11.5 Å². The second-order valence-electron chi connectivity index (χ2n) is 3.60. The van der Waals surface area contributed by atoms with Crippen LogP contribution in [0.1, 0.15) is 0 Å². The summed E-state index contributed by atoms with van der Waals surface area (Å²) in [6.45, 7) is 1.22. The van der Waals surface area contributed by atoms with Crippen LogP contribution in [0.15, 0.2) is 18.2 Å². The summed E-state index contributed by atoms with van der Waals surface area (Å²) in [7, 11) is 1.55. The van der Waals surface area contributed by atoms with Crippen molar-refractivity contribution in [2.24, 2.45) is 0 Å². The summed E-state index contributed by atoms with van der Waals surface area (Å²) in [5, 5.41) is 10.5. The van der Waals surface area contributed by atoms with Crippen molar-refractivity contribution in [2.45, 2.75) is 0 Å². The van der Waals surface area contributed by atoms with Crippen molar-refractivity contribution in [3.63, 3.8) is 0 Å². The quantitative estimate of drug-likeness (QED) is 0.480. The highest BCUT2D eigenvalue weighted by Gasteiger charge is 2.04. The van der Waals surface area contributed by atoms with Crippen LogP contribution >= 0.6 is 0 Å². The Balaban J connectivity index is 2.22. The lowest BCUT2D eigenvalue weighted by Crippen LogP contribution is -2.25. The lowest BCUT2D eigenvalue weighted by atomic mass is 10.3. The molecule has 19 heavy (non-hydrogen) atoms. The molecule has 0 saturated heterocycles. The third-order valence-corrected chi connectivity index (χ3v) is 2.20. The van der Waals surface area contributed by atoms with E-state index >= 15 is 0 Å². The average Bonchev–Trinajstić information content (AvgIpc) is 2.37. The van der Waals surface area contributed by atoms with E-state index in [-0.39, 0.29) is 6.54 Å². The third kappa shape index (κ3) is 5.82. The van der Waals surface area contributed by atoms with Crippen LogP contribution < -0.4 is 20.5 Å². The Bertz CT molecular complexity index is 411. The van der Waals surface area contributed by atoms with Crippen molar-refractivity contribution in [1.82, 2.24) is 5.32 Å². The predicted molar refractivity (Wildman–Crippen MR) is 69.7 cm³/mol. The van der Waals surface area contributed by atoms with Crippen LogP contribution in [0.25, 0.3) is 0 Å². The lowest BCUT2D eigenvalue weighted by Gasteiger charge is -2.11. The van der Waals surface area contributed by atoms with Gasteiger partial charge in [-0.25, -0.2) is 4.79 Å². The van der Waals surface area contributed by atoms with Crippen molar-refractivity contribution in [1.29, 1.82) is 0 Å². The molecule has 4 N–H and O–H groups in total. The van der Waals surface area contributed by atoms with Gasteiger partial charge in [-0.2, -0.15) is 0 Å². The van der Waals surface area contributed by atoms with Crippen LogP contribution in [0.3, 0.4) is 0 Å². The molecule has 1 aromatic carbocycles. The molecule has 0 unspecified atom stereocenters. The number of hydrogen-bond donors (Lipinski definition) is 3. The summed E-state index contributed by atoms with van der Waals surface area (Å²) >= 11 is 0. The number of anilines is 1. The molecule has 0 aliphatic carbocycles. The SMILES string of the molecule is COc1ccc(N)cc1OCCOCCNC(=O)O. The first-order valence-electron chi connectivity index (χ1n) is 5.74. The number of carboxylic acid groups (broad SMARTS) is 1. The Morgan fingerprint density at radius 1 is 1.32 bits per heavy atom. The van der Waals surface area contributed by atoms with Gasteiger partial charge in [-0.3, -0.25) is 0 Å². The monoisotopic (exact) mass is 270 g/mol. The standard InChI is InChI=1S/C12H18N2O5/c1-17-10-3-2-9(13)8-11(10)19-7-6-18-5-4-14-12(15)16/h2-3,8,14H,4-7,13H2,1H3,(H,15,16). The summed E-state index contributed by atoms with van der Waals surface area (Å²) in [4.78, 5) is 10.2. The maximum atomic E-state index is 10.2. The van der Waals surface area contributed by atoms with E-state index in [0.29, 0.717) is 37.0 Å². The Morgan fingerprint density at radius 3 is 2.79 bits per heavy atom. The number of carbonyl (C=O) groups is 1. The van der Waals surface area contributed by atoms with E-state index in [1.165, 1.54) is 0 Å². The molecule has 0 saturated carbocycles. The van der Waals surface area contributed by atoms with Gasteiger partial charge in [-0.15, -0.1) is 0 Å². The maximum absolute atomic E-state index is 10.2. The van der Waals surface area contributed by atoms with E-state index in [4.69, 9.17) is 25.1 Å². The van der Waals surface area contributed by atoms with Gasteiger partial charge in [-0.1, -0.05) is 0 Å². The average molecular weight is 270 g/mol. The summed E-state index contributed by atoms with van der Waals surface area (Å²) in [6, 6.07) is 5.12. The lowest BCUT2D eigenvalue weighted by molar-refractivity contribution is 0.0997. The molecular weight excluding hydrogens is 252 g/mol. The highest BCUT2D eigenvalue weighted by molar-refractivity contribution is 5.64. The first-order valence-corrected chi connectivity index (χ1v) is 5.74. The number of nitrogen functional groups attached to an aromatic ring is 1. The van der Waals surface area contributed by atoms with Crippen molar-refractivity contribution < 1.29 is 24.1 Å². The molecule has 0 radical (unpaired) electrons. The highest BCUT2D eigenvalue weighted by atomic mass is 16.5. The minimum absolute atomic E-state index is 0.247. The van der Waals surface area contributed by atoms with Crippen molar-refractivity contribution in [3.8, 4) is 11.5 Å². The van der Waals surface area contributed by atoms with E-state index in [9.17, 15) is 4.79 Å². The van der Waals surface area contributed by atoms with E-state index in [1.807, 2.05) is 0 Å². The summed E-state index contributed by atoms with van der Waals surface area (Å²) in [5.41, 5.74) is 6.24. The molecule has 0 aliphatic heterocycles. The predicted octanol–water partition coefficient (Wildman–Crippen LogP) is 0.940. The Hall–Kier alpha value is -2.15. The van der Waals surface area contributed by atoms with Crippen LogP contribution in [0.2, 0.25) is 0 Å². The molecule has 1 amide bonds. The first kappa shape index (κ1) is 14.9. The Morgan fingerprint density at radius 2 is 2.11 bits per heavy atom. The maximum Gasteiger partial charge on any atom is 0.404 e. The molecule has 0 bridgehead atoms. The van der Waals surface area contributed by atoms with Crippen LogP contribution in [0.4, 0.5) is 10.5 Å². The van der Waals surface area contributed by atoms with Crippen LogP contribution in [-0.2, 0) is 4.74 Å². The van der Waals surface area contributed by atoms with Gasteiger partial charge in [0, 0.05) is 18.3 Å². The highest BCUT2D eigenvalue weighted by Crippen LogP contribution is 2.28. The van der Waals surface area contributed by atoms with E-state index < -0.39 is 6.09 Å². The van der Waals surface area contributed by atoms with Gasteiger partial charge in [0.05, 0.1) is 20.3 Å². The second kappa shape index (κ2) is 8.04. The zero-order valence-corrected chi connectivity index (χ0v) is 10.7. The third-order valence-electron chi connectivity index (χ3n) is 2.20. The molecule has 0 spiro atoms. The minimum Gasteiger partial charge on any atom is -0.493 e. The van der Waals surface area contributed by atoms with E-state index in [2.05, 4.69) is 5.32 Å². The number of ether oxygens (including phenoxy) is 3. The van der Waals surface area contributed by atoms with Crippen LogP contribution in [-0.4, -0.2) is 44.7 Å². The molecule has 106 valence electrons. The number of nitrogens with one attached hydrogen (secondary N) is 1. The van der Waals surface area contributed by atoms with Crippen molar-refractivity contribution in [2.75, 3.05) is 39.2 Å². The number of amides is 1. The topological polar surface area (TPSA) is 103 Å². The molecule has 7 nitrogen and oxygen atoms in total. The molecule has 0 atom stereocenters. The van der Waals surface area contributed by atoms with Gasteiger partial charge < -0.3 is 30.4 Å². The number of methoxy groups -OCH3 is 1. The Kier molecular flexibility index (Phi) is 6.31. The fraction of sp³-hybridized carbons (Fsp3) is 0.417. The fourth-order valence-corrected chi connectivity index (χ4v) is 1.35. The molecule has 1 aromatic rings. The number of benzene rings is 1. The van der Waals surface area contributed by atoms with Gasteiger partial charge in [0.2, 0.25) is 0 Å². The van der Waals surface area contributed by atoms with Crippen LogP contribution in [0, 0.1) is 0 Å². The van der Waals surface area contributed by atoms with Gasteiger partial charge >= 0.3 is 6.09 Å². The molecule has 1 rings (SSSR count). The van der Waals surface area contributed by atoms with Gasteiger partial charge in [0.1, 0.15) is 6.61 Å². The zero-order chi connectivity index (χ0) is 14.1. The van der Waals surface area contributed by atoms with Crippen molar-refractivity contribution >= 4 is 11.8 Å². The summed E-state index contributed by atoms with van der Waals surface area (Å²) in [6.07, 6.45) is -1.07. The zero-order valence-electron chi connectivity index (χ0n) is 10.7. The molecule has 0 aromatic heterocycles. The van der Waals surface area contributed by atoms with E-state index in [1.54, 1.807) is 25.3 Å². The largest absolute Gasteiger partial charge is 0.493 e.